The van der Waals surface area contributed by atoms with Crippen LogP contribution in [-0.4, -0.2) is 5.97 Å². The highest BCUT2D eigenvalue weighted by molar-refractivity contribution is 5.96. The Morgan fingerprint density at radius 1 is 0.852 bits per heavy atom. The molecule has 0 radical (unpaired) electrons. The molecular weight excluding hydrogens is 339 g/mol. The van der Waals surface area contributed by atoms with Gasteiger partial charge in [-0.3, -0.25) is 0 Å². The Morgan fingerprint density at radius 3 is 2.33 bits per heavy atom. The third-order valence-corrected chi connectivity index (χ3v) is 4.74. The van der Waals surface area contributed by atoms with E-state index in [9.17, 15) is 9.18 Å². The van der Waals surface area contributed by atoms with Crippen molar-refractivity contribution >= 4 is 16.7 Å². The van der Waals surface area contributed by atoms with Crippen LogP contribution in [0, 0.1) is 5.82 Å². The van der Waals surface area contributed by atoms with E-state index in [0.717, 1.165) is 17.2 Å². The highest BCUT2D eigenvalue weighted by atomic mass is 19.1. The zero-order valence-electron chi connectivity index (χ0n) is 15.7. The predicted molar refractivity (Wildman–Crippen MR) is 108 cm³/mol. The van der Waals surface area contributed by atoms with E-state index in [2.05, 4.69) is 6.92 Å². The maximum Gasteiger partial charge on any atom is 0.343 e. The Morgan fingerprint density at radius 2 is 1.56 bits per heavy atom. The largest absolute Gasteiger partial charge is 0.423 e. The molecule has 0 spiro atoms. The van der Waals surface area contributed by atoms with Gasteiger partial charge in [-0.25, -0.2) is 9.18 Å². The highest BCUT2D eigenvalue weighted by Gasteiger charge is 2.10. The second kappa shape index (κ2) is 9.31. The predicted octanol–water partition coefficient (Wildman–Crippen LogP) is 6.71. The normalized spacial score (nSPS) is 10.9. The number of rotatable bonds is 8. The molecule has 0 bridgehead atoms. The monoisotopic (exact) mass is 364 g/mol. The number of fused-ring (bicyclic) bond motifs is 1. The lowest BCUT2D eigenvalue weighted by atomic mass is 10.1. The van der Waals surface area contributed by atoms with Gasteiger partial charge in [0.05, 0.1) is 5.56 Å². The molecule has 0 aliphatic carbocycles. The van der Waals surface area contributed by atoms with Crippen LogP contribution in [0.3, 0.4) is 0 Å². The Kier molecular flexibility index (Phi) is 6.59. The average molecular weight is 364 g/mol. The van der Waals surface area contributed by atoms with Crippen LogP contribution in [0.4, 0.5) is 4.39 Å². The van der Waals surface area contributed by atoms with Crippen LogP contribution in [0.5, 0.6) is 5.75 Å². The van der Waals surface area contributed by atoms with Crippen molar-refractivity contribution in [3.63, 3.8) is 0 Å². The first kappa shape index (κ1) is 19.1. The van der Waals surface area contributed by atoms with Gasteiger partial charge in [0.1, 0.15) is 11.6 Å². The van der Waals surface area contributed by atoms with Crippen LogP contribution in [0.2, 0.25) is 0 Å². The van der Waals surface area contributed by atoms with Gasteiger partial charge in [-0.1, -0.05) is 56.9 Å². The number of unbranched alkanes of at least 4 members (excludes halogenated alkanes) is 4. The summed E-state index contributed by atoms with van der Waals surface area (Å²) in [5, 5.41) is 1.57. The number of carbonyl (C=O) groups is 1. The fourth-order valence-corrected chi connectivity index (χ4v) is 3.17. The van der Waals surface area contributed by atoms with E-state index < -0.39 is 5.97 Å². The zero-order valence-corrected chi connectivity index (χ0v) is 15.7. The minimum absolute atomic E-state index is 0.289. The van der Waals surface area contributed by atoms with Crippen molar-refractivity contribution in [1.29, 1.82) is 0 Å². The molecule has 0 unspecified atom stereocenters. The lowest BCUT2D eigenvalue weighted by Gasteiger charge is -2.07. The quantitative estimate of drug-likeness (QED) is 0.252. The molecule has 0 amide bonds. The van der Waals surface area contributed by atoms with Crippen molar-refractivity contribution in [3.05, 3.63) is 77.6 Å². The zero-order chi connectivity index (χ0) is 19.1. The second-order valence-electron chi connectivity index (χ2n) is 6.90. The van der Waals surface area contributed by atoms with Crippen LogP contribution >= 0.6 is 0 Å². The first-order valence-electron chi connectivity index (χ1n) is 9.66. The minimum Gasteiger partial charge on any atom is -0.423 e. The molecule has 0 saturated heterocycles. The topological polar surface area (TPSA) is 26.3 Å². The lowest BCUT2D eigenvalue weighted by Crippen LogP contribution is -2.08. The number of ether oxygens (including phenoxy) is 1. The van der Waals surface area contributed by atoms with E-state index in [0.29, 0.717) is 11.3 Å². The standard InChI is InChI=1S/C24H25FO2/c1-2-3-4-5-6-7-18-8-14-23(15-9-18)27-24(26)21-11-10-20-17-22(25)13-12-19(20)16-21/h8-17H,2-7H2,1H3. The van der Waals surface area contributed by atoms with Gasteiger partial charge < -0.3 is 4.74 Å². The number of benzene rings is 3. The molecule has 3 aromatic rings. The average Bonchev–Trinajstić information content (AvgIpc) is 2.68. The van der Waals surface area contributed by atoms with Gasteiger partial charge in [-0.15, -0.1) is 0 Å². The summed E-state index contributed by atoms with van der Waals surface area (Å²) in [6.45, 7) is 2.22. The van der Waals surface area contributed by atoms with Crippen molar-refractivity contribution in [2.24, 2.45) is 0 Å². The van der Waals surface area contributed by atoms with Crippen molar-refractivity contribution in [2.45, 2.75) is 45.4 Å². The van der Waals surface area contributed by atoms with E-state index in [4.69, 9.17) is 4.74 Å². The summed E-state index contributed by atoms with van der Waals surface area (Å²) < 4.78 is 18.7. The Labute approximate surface area is 160 Å². The summed E-state index contributed by atoms with van der Waals surface area (Å²) in [5.41, 5.74) is 1.72. The van der Waals surface area contributed by atoms with Gasteiger partial charge in [0.15, 0.2) is 0 Å². The Bertz CT molecular complexity index is 900. The number of halogens is 1. The van der Waals surface area contributed by atoms with Gasteiger partial charge in [-0.2, -0.15) is 0 Å². The van der Waals surface area contributed by atoms with Crippen LogP contribution in [0.15, 0.2) is 60.7 Å². The summed E-state index contributed by atoms with van der Waals surface area (Å²) in [4.78, 5) is 12.4. The summed E-state index contributed by atoms with van der Waals surface area (Å²) >= 11 is 0. The summed E-state index contributed by atoms with van der Waals surface area (Å²) in [5.74, 6) is -0.161. The number of carbonyl (C=O) groups excluding carboxylic acids is 1. The molecule has 140 valence electrons. The molecule has 0 aliphatic heterocycles. The van der Waals surface area contributed by atoms with Crippen molar-refractivity contribution in [3.8, 4) is 5.75 Å². The number of esters is 1. The fraction of sp³-hybridized carbons (Fsp3) is 0.292. The Balaban J connectivity index is 1.58. The molecule has 0 N–H and O–H groups in total. The van der Waals surface area contributed by atoms with Crippen molar-refractivity contribution in [1.82, 2.24) is 0 Å². The first-order valence-corrected chi connectivity index (χ1v) is 9.66. The van der Waals surface area contributed by atoms with E-state index in [-0.39, 0.29) is 5.82 Å². The summed E-state index contributed by atoms with van der Waals surface area (Å²) in [6.07, 6.45) is 7.36. The van der Waals surface area contributed by atoms with Crippen molar-refractivity contribution in [2.75, 3.05) is 0 Å². The Hall–Kier alpha value is -2.68. The minimum atomic E-state index is -0.409. The van der Waals surface area contributed by atoms with E-state index in [1.54, 1.807) is 24.3 Å². The molecule has 0 saturated carbocycles. The van der Waals surface area contributed by atoms with Crippen LogP contribution in [0.25, 0.3) is 10.8 Å². The van der Waals surface area contributed by atoms with Gasteiger partial charge in [0.2, 0.25) is 0 Å². The van der Waals surface area contributed by atoms with Crippen molar-refractivity contribution < 1.29 is 13.9 Å². The first-order chi connectivity index (χ1) is 13.2. The fourth-order valence-electron chi connectivity index (χ4n) is 3.17. The molecule has 2 nitrogen and oxygen atoms in total. The van der Waals surface area contributed by atoms with Gasteiger partial charge >= 0.3 is 5.97 Å². The molecule has 0 fully saturated rings. The molecule has 0 heterocycles. The molecule has 0 aromatic heterocycles. The lowest BCUT2D eigenvalue weighted by molar-refractivity contribution is 0.0735. The molecule has 0 atom stereocenters. The maximum absolute atomic E-state index is 13.3. The van der Waals surface area contributed by atoms with Gasteiger partial charge in [0.25, 0.3) is 0 Å². The molecule has 0 aliphatic rings. The summed E-state index contributed by atoms with van der Waals surface area (Å²) in [6, 6.07) is 17.3. The number of hydrogen-bond acceptors (Lipinski definition) is 2. The van der Waals surface area contributed by atoms with E-state index >= 15 is 0 Å². The van der Waals surface area contributed by atoms with Crippen LogP contribution < -0.4 is 4.74 Å². The molecule has 3 aromatic carbocycles. The second-order valence-corrected chi connectivity index (χ2v) is 6.90. The van der Waals surface area contributed by atoms with Crippen LogP contribution in [0.1, 0.15) is 54.9 Å². The molecule has 3 heteroatoms. The highest BCUT2D eigenvalue weighted by Crippen LogP contribution is 2.20. The van der Waals surface area contributed by atoms with E-state index in [1.165, 1.54) is 49.8 Å². The number of aryl methyl sites for hydroxylation is 1. The van der Waals surface area contributed by atoms with Crippen LogP contribution in [-0.2, 0) is 6.42 Å². The van der Waals surface area contributed by atoms with Gasteiger partial charge in [0, 0.05) is 0 Å². The maximum atomic E-state index is 13.3. The third-order valence-electron chi connectivity index (χ3n) is 4.74. The molecule has 3 rings (SSSR count). The summed E-state index contributed by atoms with van der Waals surface area (Å²) in [7, 11) is 0. The van der Waals surface area contributed by atoms with Gasteiger partial charge in [-0.05, 0) is 65.6 Å². The molecule has 27 heavy (non-hydrogen) atoms. The van der Waals surface area contributed by atoms with E-state index in [1.807, 2.05) is 24.3 Å². The smallest absolute Gasteiger partial charge is 0.343 e. The SMILES string of the molecule is CCCCCCCc1ccc(OC(=O)c2ccc3cc(F)ccc3c2)cc1. The third kappa shape index (κ3) is 5.40. The number of hydrogen-bond donors (Lipinski definition) is 0. The molecular formula is C24H25FO2.